The first kappa shape index (κ1) is 23.6. The van der Waals surface area contributed by atoms with Gasteiger partial charge in [0.05, 0.1) is 17.7 Å². The van der Waals surface area contributed by atoms with Gasteiger partial charge in [-0.05, 0) is 54.1 Å². The largest absolute Gasteiger partial charge is 0.337 e. The van der Waals surface area contributed by atoms with Crippen LogP contribution in [0.4, 0.5) is 16.0 Å². The molecule has 2 aromatic heterocycles. The number of hydrogen-bond acceptors (Lipinski definition) is 5. The van der Waals surface area contributed by atoms with E-state index in [1.54, 1.807) is 54.7 Å². The molecule has 0 fully saturated rings. The number of rotatable bonds is 7. The third-order valence-electron chi connectivity index (χ3n) is 5.60. The molecule has 0 radical (unpaired) electrons. The van der Waals surface area contributed by atoms with E-state index in [1.807, 2.05) is 36.4 Å². The summed E-state index contributed by atoms with van der Waals surface area (Å²) in [5, 5.41) is 9.82. The van der Waals surface area contributed by atoms with Gasteiger partial charge in [-0.15, -0.1) is 0 Å². The van der Waals surface area contributed by atoms with Crippen molar-refractivity contribution in [1.29, 1.82) is 0 Å². The summed E-state index contributed by atoms with van der Waals surface area (Å²) in [7, 11) is 0. The predicted octanol–water partition coefficient (Wildman–Crippen LogP) is 5.98. The van der Waals surface area contributed by atoms with Crippen LogP contribution in [0.15, 0.2) is 108 Å². The maximum Gasteiger partial charge on any atom is 0.255 e. The first-order valence-corrected chi connectivity index (χ1v) is 11.5. The molecule has 2 N–H and O–H groups in total. The Labute approximate surface area is 212 Å². The van der Waals surface area contributed by atoms with Gasteiger partial charge in [-0.3, -0.25) is 19.9 Å². The summed E-state index contributed by atoms with van der Waals surface area (Å²) in [6, 6.07) is 27.1. The number of hydrogen-bond donors (Lipinski definition) is 2. The highest BCUT2D eigenvalue weighted by Gasteiger charge is 2.25. The minimum atomic E-state index is -0.404. The van der Waals surface area contributed by atoms with Crippen molar-refractivity contribution in [3.05, 3.63) is 120 Å². The van der Waals surface area contributed by atoms with Gasteiger partial charge in [-0.2, -0.15) is 0 Å². The van der Waals surface area contributed by atoms with Gasteiger partial charge in [-0.1, -0.05) is 53.7 Å². The van der Waals surface area contributed by atoms with Crippen molar-refractivity contribution in [2.45, 2.75) is 6.42 Å². The van der Waals surface area contributed by atoms with E-state index in [4.69, 9.17) is 4.52 Å². The van der Waals surface area contributed by atoms with Gasteiger partial charge in [0.25, 0.3) is 5.91 Å². The van der Waals surface area contributed by atoms with Gasteiger partial charge in [0.2, 0.25) is 11.8 Å². The fourth-order valence-corrected chi connectivity index (χ4v) is 3.84. The molecule has 182 valence electrons. The summed E-state index contributed by atoms with van der Waals surface area (Å²) < 4.78 is 19.2. The molecular weight excluding hydrogens is 471 g/mol. The lowest BCUT2D eigenvalue weighted by Gasteiger charge is -2.12. The molecule has 0 saturated carbocycles. The summed E-state index contributed by atoms with van der Waals surface area (Å²) in [5.41, 5.74) is 3.27. The molecule has 8 heteroatoms. The summed E-state index contributed by atoms with van der Waals surface area (Å²) in [5.74, 6) is -0.989. The van der Waals surface area contributed by atoms with E-state index in [9.17, 15) is 14.0 Å². The minimum Gasteiger partial charge on any atom is -0.337 e. The topological polar surface area (TPSA) is 97.1 Å². The number of nitrogens with zero attached hydrogens (tertiary/aromatic N) is 2. The van der Waals surface area contributed by atoms with Gasteiger partial charge in [0.1, 0.15) is 17.2 Å². The van der Waals surface area contributed by atoms with Crippen molar-refractivity contribution in [2.24, 2.45) is 0 Å². The summed E-state index contributed by atoms with van der Waals surface area (Å²) >= 11 is 0. The van der Waals surface area contributed by atoms with Crippen LogP contribution in [0.5, 0.6) is 0 Å². The predicted molar refractivity (Wildman–Crippen MR) is 138 cm³/mol. The third kappa shape index (κ3) is 5.43. The summed E-state index contributed by atoms with van der Waals surface area (Å²) in [6.07, 6.45) is 1.68. The summed E-state index contributed by atoms with van der Waals surface area (Å²) in [4.78, 5) is 30.3. The quantitative estimate of drug-likeness (QED) is 0.291. The Hall–Kier alpha value is -5.11. The normalized spacial score (nSPS) is 10.6. The van der Waals surface area contributed by atoms with E-state index >= 15 is 0 Å². The number of benzene rings is 3. The Morgan fingerprint density at radius 2 is 1.49 bits per heavy atom. The zero-order valence-electron chi connectivity index (χ0n) is 19.5. The van der Waals surface area contributed by atoms with Gasteiger partial charge in [0, 0.05) is 17.3 Å². The van der Waals surface area contributed by atoms with Crippen molar-refractivity contribution >= 4 is 23.4 Å². The smallest absolute Gasteiger partial charge is 0.255 e. The van der Waals surface area contributed by atoms with Crippen molar-refractivity contribution in [2.75, 3.05) is 10.6 Å². The minimum absolute atomic E-state index is 0.0640. The van der Waals surface area contributed by atoms with E-state index in [-0.39, 0.29) is 24.1 Å². The second kappa shape index (κ2) is 10.7. The van der Waals surface area contributed by atoms with Crippen LogP contribution in [0.1, 0.15) is 15.9 Å². The summed E-state index contributed by atoms with van der Waals surface area (Å²) in [6.45, 7) is 0. The molecule has 0 unspecified atom stereocenters. The van der Waals surface area contributed by atoms with Gasteiger partial charge in [0.15, 0.2) is 0 Å². The van der Waals surface area contributed by atoms with E-state index < -0.39 is 5.82 Å². The molecule has 0 spiro atoms. The van der Waals surface area contributed by atoms with Crippen LogP contribution in [0.2, 0.25) is 0 Å². The fraction of sp³-hybridized carbons (Fsp3) is 0.0345. The second-order valence-electron chi connectivity index (χ2n) is 8.17. The lowest BCUT2D eigenvalue weighted by molar-refractivity contribution is -0.115. The zero-order valence-corrected chi connectivity index (χ0v) is 19.5. The van der Waals surface area contributed by atoms with E-state index in [0.717, 1.165) is 5.56 Å². The van der Waals surface area contributed by atoms with Crippen molar-refractivity contribution < 1.29 is 18.5 Å². The standard InChI is InChI=1S/C29H21FN4O3/c30-22-15-13-20(14-16-22)26-25(29(37-34-26)33-24(35)18-19-8-3-1-4-9-19)27-23(12-7-17-31-27)32-28(36)21-10-5-2-6-11-21/h1-17H,18H2,(H,32,36)(H,33,35). The van der Waals surface area contributed by atoms with Crippen LogP contribution in [0.3, 0.4) is 0 Å². The second-order valence-corrected chi connectivity index (χ2v) is 8.17. The number of pyridine rings is 1. The van der Waals surface area contributed by atoms with Crippen LogP contribution in [0.25, 0.3) is 22.5 Å². The number of nitrogens with one attached hydrogen (secondary N) is 2. The highest BCUT2D eigenvalue weighted by molar-refractivity contribution is 6.07. The van der Waals surface area contributed by atoms with Crippen LogP contribution >= 0.6 is 0 Å². The Morgan fingerprint density at radius 1 is 0.784 bits per heavy atom. The SMILES string of the molecule is O=C(Cc1ccccc1)Nc1onc(-c2ccc(F)cc2)c1-c1ncccc1NC(=O)c1ccccc1. The van der Waals surface area contributed by atoms with E-state index in [2.05, 4.69) is 20.8 Å². The fourth-order valence-electron chi connectivity index (χ4n) is 3.84. The van der Waals surface area contributed by atoms with Gasteiger partial charge in [-0.25, -0.2) is 4.39 Å². The number of anilines is 2. The highest BCUT2D eigenvalue weighted by Crippen LogP contribution is 2.40. The monoisotopic (exact) mass is 492 g/mol. The number of amides is 2. The molecule has 0 atom stereocenters. The molecule has 0 aliphatic rings. The molecule has 37 heavy (non-hydrogen) atoms. The van der Waals surface area contributed by atoms with Crippen LogP contribution in [-0.2, 0) is 11.2 Å². The molecule has 0 saturated heterocycles. The first-order chi connectivity index (χ1) is 18.1. The Kier molecular flexibility index (Phi) is 6.80. The molecule has 3 aromatic carbocycles. The molecule has 0 bridgehead atoms. The Morgan fingerprint density at radius 3 is 2.22 bits per heavy atom. The molecular formula is C29H21FN4O3. The lowest BCUT2D eigenvalue weighted by Crippen LogP contribution is -2.15. The lowest BCUT2D eigenvalue weighted by atomic mass is 10.0. The number of carbonyl (C=O) groups excluding carboxylic acids is 2. The molecule has 2 heterocycles. The Bertz CT molecular complexity index is 1540. The maximum absolute atomic E-state index is 13.6. The van der Waals surface area contributed by atoms with Crippen LogP contribution < -0.4 is 10.6 Å². The van der Waals surface area contributed by atoms with E-state index in [0.29, 0.717) is 33.8 Å². The Balaban J connectivity index is 1.54. The molecule has 5 aromatic rings. The van der Waals surface area contributed by atoms with E-state index in [1.165, 1.54) is 12.1 Å². The molecule has 0 aliphatic carbocycles. The zero-order chi connectivity index (χ0) is 25.6. The number of carbonyl (C=O) groups is 2. The van der Waals surface area contributed by atoms with Crippen molar-refractivity contribution in [3.63, 3.8) is 0 Å². The van der Waals surface area contributed by atoms with Crippen LogP contribution in [0, 0.1) is 5.82 Å². The molecule has 2 amide bonds. The van der Waals surface area contributed by atoms with Gasteiger partial charge >= 0.3 is 0 Å². The molecule has 5 rings (SSSR count). The van der Waals surface area contributed by atoms with Gasteiger partial charge < -0.3 is 9.84 Å². The number of aromatic nitrogens is 2. The van der Waals surface area contributed by atoms with Crippen molar-refractivity contribution in [3.8, 4) is 22.5 Å². The molecule has 0 aliphatic heterocycles. The highest BCUT2D eigenvalue weighted by atomic mass is 19.1. The third-order valence-corrected chi connectivity index (χ3v) is 5.60. The maximum atomic E-state index is 13.6. The molecule has 7 nitrogen and oxygen atoms in total. The first-order valence-electron chi connectivity index (χ1n) is 11.5. The van der Waals surface area contributed by atoms with Crippen molar-refractivity contribution in [1.82, 2.24) is 10.1 Å². The average Bonchev–Trinajstić information content (AvgIpc) is 3.33. The van der Waals surface area contributed by atoms with Crippen LogP contribution in [-0.4, -0.2) is 22.0 Å². The average molecular weight is 493 g/mol. The number of halogens is 1.